The highest BCUT2D eigenvalue weighted by molar-refractivity contribution is 5.89. The van der Waals surface area contributed by atoms with Crippen LogP contribution in [0.25, 0.3) is 0 Å². The maximum Gasteiger partial charge on any atom is 0.339 e. The van der Waals surface area contributed by atoms with Gasteiger partial charge in [0.25, 0.3) is 0 Å². The van der Waals surface area contributed by atoms with Crippen molar-refractivity contribution >= 4 is 5.97 Å². The molecule has 2 heterocycles. The van der Waals surface area contributed by atoms with Gasteiger partial charge in [-0.05, 0) is 57.6 Å². The Labute approximate surface area is 193 Å². The Morgan fingerprint density at radius 3 is 2.19 bits per heavy atom. The smallest absolute Gasteiger partial charge is 0.339 e. The molecule has 32 heavy (non-hydrogen) atoms. The van der Waals surface area contributed by atoms with E-state index in [1.54, 1.807) is 0 Å². The molecule has 0 bridgehead atoms. The van der Waals surface area contributed by atoms with Gasteiger partial charge in [0.15, 0.2) is 0 Å². The van der Waals surface area contributed by atoms with Crippen LogP contribution in [0.15, 0.2) is 60.7 Å². The summed E-state index contributed by atoms with van der Waals surface area (Å²) in [6.45, 7) is 8.67. The lowest BCUT2D eigenvalue weighted by atomic mass is 9.63. The molecule has 4 nitrogen and oxygen atoms in total. The highest BCUT2D eigenvalue weighted by Crippen LogP contribution is 2.51. The Balaban J connectivity index is 1.77. The summed E-state index contributed by atoms with van der Waals surface area (Å²) in [6, 6.07) is 20.2. The van der Waals surface area contributed by atoms with Crippen molar-refractivity contribution in [3.63, 3.8) is 0 Å². The highest BCUT2D eigenvalue weighted by atomic mass is 16.6. The van der Waals surface area contributed by atoms with Crippen molar-refractivity contribution in [2.45, 2.75) is 57.6 Å². The molecule has 0 N–H and O–H groups in total. The third-order valence-electron chi connectivity index (χ3n) is 7.70. The number of hydrogen-bond acceptors (Lipinski definition) is 4. The van der Waals surface area contributed by atoms with Gasteiger partial charge in [-0.25, -0.2) is 4.79 Å². The molecule has 0 aliphatic carbocycles. The fourth-order valence-corrected chi connectivity index (χ4v) is 5.81. The van der Waals surface area contributed by atoms with Crippen molar-refractivity contribution in [3.05, 3.63) is 71.8 Å². The maximum absolute atomic E-state index is 13.5. The number of benzene rings is 2. The largest absolute Gasteiger partial charge is 0.450 e. The molecule has 2 aliphatic heterocycles. The fourth-order valence-electron chi connectivity index (χ4n) is 5.81. The summed E-state index contributed by atoms with van der Waals surface area (Å²) in [5.74, 6) is -0.228. The van der Waals surface area contributed by atoms with Gasteiger partial charge in [0.2, 0.25) is 0 Å². The molecule has 0 spiro atoms. The third kappa shape index (κ3) is 4.62. The zero-order valence-corrected chi connectivity index (χ0v) is 19.9. The van der Waals surface area contributed by atoms with Crippen LogP contribution in [0.1, 0.15) is 61.9 Å². The van der Waals surface area contributed by atoms with Gasteiger partial charge in [-0.3, -0.25) is 0 Å². The molecule has 2 saturated heterocycles. The summed E-state index contributed by atoms with van der Waals surface area (Å²) in [5, 5.41) is 0. The van der Waals surface area contributed by atoms with Gasteiger partial charge in [0, 0.05) is 31.0 Å². The molecule has 172 valence electrons. The molecule has 2 aromatic carbocycles. The fraction of sp³-hybridized carbons (Fsp3) is 0.536. The number of carbonyl (C=O) groups is 1. The van der Waals surface area contributed by atoms with Gasteiger partial charge in [0.05, 0.1) is 5.56 Å². The topological polar surface area (TPSA) is 32.8 Å². The summed E-state index contributed by atoms with van der Waals surface area (Å²) in [4.78, 5) is 18.5. The van der Waals surface area contributed by atoms with E-state index in [2.05, 4.69) is 55.0 Å². The van der Waals surface area contributed by atoms with Crippen molar-refractivity contribution in [2.75, 3.05) is 33.2 Å². The van der Waals surface area contributed by atoms with Crippen LogP contribution in [0.3, 0.4) is 0 Å². The molecule has 0 saturated carbocycles. The second kappa shape index (κ2) is 9.76. The van der Waals surface area contributed by atoms with E-state index in [0.717, 1.165) is 38.2 Å². The Morgan fingerprint density at radius 2 is 1.56 bits per heavy atom. The van der Waals surface area contributed by atoms with Crippen LogP contribution in [0.4, 0.5) is 0 Å². The normalized spacial score (nSPS) is 29.9. The first-order valence-electron chi connectivity index (χ1n) is 12.2. The summed E-state index contributed by atoms with van der Waals surface area (Å²) in [6.07, 6.45) is 5.93. The van der Waals surface area contributed by atoms with Crippen molar-refractivity contribution in [2.24, 2.45) is 5.41 Å². The Morgan fingerprint density at radius 1 is 0.969 bits per heavy atom. The number of esters is 1. The van der Waals surface area contributed by atoms with E-state index in [4.69, 9.17) is 4.74 Å². The first-order valence-corrected chi connectivity index (χ1v) is 12.2. The second-order valence-electron chi connectivity index (χ2n) is 10.2. The first kappa shape index (κ1) is 23.0. The number of ether oxygens (including phenoxy) is 1. The lowest BCUT2D eigenvalue weighted by Crippen LogP contribution is -2.63. The minimum Gasteiger partial charge on any atom is -0.450 e. The monoisotopic (exact) mass is 434 g/mol. The number of nitrogens with zero attached hydrogens (tertiary/aromatic N) is 2. The van der Waals surface area contributed by atoms with Crippen LogP contribution in [-0.2, 0) is 10.3 Å². The summed E-state index contributed by atoms with van der Waals surface area (Å²) >= 11 is 0. The molecule has 0 aromatic heterocycles. The SMILES string of the molecule is CC1CC(OC(=O)c2ccccc2)(c2ccccc2)C(C)(CN2CCCCCC2)CN1C. The van der Waals surface area contributed by atoms with E-state index in [0.29, 0.717) is 11.6 Å². The highest BCUT2D eigenvalue weighted by Gasteiger charge is 2.57. The van der Waals surface area contributed by atoms with Gasteiger partial charge in [-0.15, -0.1) is 0 Å². The molecule has 3 unspecified atom stereocenters. The van der Waals surface area contributed by atoms with Crippen LogP contribution in [0.5, 0.6) is 0 Å². The van der Waals surface area contributed by atoms with E-state index in [1.165, 1.54) is 25.7 Å². The minimum absolute atomic E-state index is 0.228. The minimum atomic E-state index is -0.681. The number of hydrogen-bond donors (Lipinski definition) is 0. The van der Waals surface area contributed by atoms with E-state index >= 15 is 0 Å². The Bertz CT molecular complexity index is 879. The van der Waals surface area contributed by atoms with Crippen LogP contribution in [-0.4, -0.2) is 55.0 Å². The molecule has 2 aromatic rings. The number of piperidine rings is 1. The average Bonchev–Trinajstić information content (AvgIpc) is 3.07. The summed E-state index contributed by atoms with van der Waals surface area (Å²) in [5.41, 5.74) is 0.817. The quantitative estimate of drug-likeness (QED) is 0.594. The van der Waals surface area contributed by atoms with Crippen molar-refractivity contribution in [3.8, 4) is 0 Å². The van der Waals surface area contributed by atoms with Gasteiger partial charge >= 0.3 is 5.97 Å². The van der Waals surface area contributed by atoms with E-state index in [9.17, 15) is 4.79 Å². The molecule has 2 aliphatic rings. The zero-order valence-electron chi connectivity index (χ0n) is 19.9. The van der Waals surface area contributed by atoms with E-state index in [-0.39, 0.29) is 11.4 Å². The first-order chi connectivity index (χ1) is 15.4. The predicted octanol–water partition coefficient (Wildman–Crippen LogP) is 5.35. The maximum atomic E-state index is 13.5. The number of carbonyl (C=O) groups excluding carboxylic acids is 1. The van der Waals surface area contributed by atoms with Crippen molar-refractivity contribution in [1.82, 2.24) is 9.80 Å². The molecule has 2 fully saturated rings. The summed E-state index contributed by atoms with van der Waals surface area (Å²) in [7, 11) is 2.21. The molecule has 4 heteroatoms. The van der Waals surface area contributed by atoms with Crippen molar-refractivity contribution in [1.29, 1.82) is 0 Å². The predicted molar refractivity (Wildman–Crippen MR) is 130 cm³/mol. The summed E-state index contributed by atoms with van der Waals surface area (Å²) < 4.78 is 6.67. The molecular weight excluding hydrogens is 396 g/mol. The zero-order chi connectivity index (χ0) is 22.6. The molecule has 0 amide bonds. The molecular formula is C28H38N2O2. The number of likely N-dealkylation sites (tertiary alicyclic amines) is 2. The van der Waals surface area contributed by atoms with Gasteiger partial charge in [-0.2, -0.15) is 0 Å². The van der Waals surface area contributed by atoms with Crippen LogP contribution < -0.4 is 0 Å². The Kier molecular flexibility index (Phi) is 7.02. The molecule has 0 radical (unpaired) electrons. The Hall–Kier alpha value is -2.17. The van der Waals surface area contributed by atoms with Crippen LogP contribution >= 0.6 is 0 Å². The second-order valence-corrected chi connectivity index (χ2v) is 10.2. The van der Waals surface area contributed by atoms with Crippen molar-refractivity contribution < 1.29 is 9.53 Å². The number of rotatable bonds is 5. The lowest BCUT2D eigenvalue weighted by molar-refractivity contribution is -0.159. The van der Waals surface area contributed by atoms with Gasteiger partial charge in [0.1, 0.15) is 5.60 Å². The van der Waals surface area contributed by atoms with Gasteiger partial charge in [-0.1, -0.05) is 68.3 Å². The molecule has 4 rings (SSSR count). The third-order valence-corrected chi connectivity index (χ3v) is 7.70. The van der Waals surface area contributed by atoms with Crippen LogP contribution in [0.2, 0.25) is 0 Å². The standard InChI is InChI=1S/C28H38N2O2/c1-23-20-28(25-16-10-7-11-17-25,32-26(31)24-14-8-6-9-15-24)27(2,21-29(23)3)22-30-18-12-4-5-13-19-30/h6-11,14-17,23H,4-5,12-13,18-22H2,1-3H3. The van der Waals surface area contributed by atoms with Gasteiger partial charge < -0.3 is 14.5 Å². The average molecular weight is 435 g/mol. The molecule has 3 atom stereocenters. The van der Waals surface area contributed by atoms with Crippen LogP contribution in [0, 0.1) is 5.41 Å². The lowest BCUT2D eigenvalue weighted by Gasteiger charge is -2.57. The van der Waals surface area contributed by atoms with E-state index < -0.39 is 5.60 Å². The van der Waals surface area contributed by atoms with E-state index in [1.807, 2.05) is 36.4 Å².